The first-order valence-corrected chi connectivity index (χ1v) is 11.4. The van der Waals surface area contributed by atoms with E-state index >= 15 is 0 Å². The summed E-state index contributed by atoms with van der Waals surface area (Å²) < 4.78 is 33.8. The van der Waals surface area contributed by atoms with Crippen LogP contribution in [-0.4, -0.2) is 21.6 Å². The van der Waals surface area contributed by atoms with Crippen LogP contribution in [-0.2, 0) is 0 Å². The molecule has 2 aromatic heterocycles. The Balaban J connectivity index is 1.62. The molecule has 4 aromatic rings. The van der Waals surface area contributed by atoms with Crippen LogP contribution in [0.4, 0.5) is 8.78 Å². The van der Waals surface area contributed by atoms with Crippen LogP contribution in [0.15, 0.2) is 54.9 Å². The third-order valence-corrected chi connectivity index (χ3v) is 6.33. The summed E-state index contributed by atoms with van der Waals surface area (Å²) in [5.74, 6) is -0.0165. The van der Waals surface area contributed by atoms with Gasteiger partial charge in [0.2, 0.25) is 0 Å². The first-order chi connectivity index (χ1) is 16.1. The number of hydrogen-bond acceptors (Lipinski definition) is 4. The van der Waals surface area contributed by atoms with Crippen LogP contribution in [0.1, 0.15) is 37.8 Å². The summed E-state index contributed by atoms with van der Waals surface area (Å²) in [6.45, 7) is 2.53. The van der Waals surface area contributed by atoms with Gasteiger partial charge in [-0.3, -0.25) is 4.98 Å². The Bertz CT molecular complexity index is 1290. The Morgan fingerprint density at radius 1 is 0.909 bits per heavy atom. The zero-order valence-electron chi connectivity index (χ0n) is 18.5. The molecule has 1 saturated carbocycles. The molecular formula is C27H25F2N3O. The summed E-state index contributed by atoms with van der Waals surface area (Å²) in [4.78, 5) is 13.7. The van der Waals surface area contributed by atoms with Gasteiger partial charge in [0, 0.05) is 29.0 Å². The highest BCUT2D eigenvalue weighted by atomic mass is 19.2. The molecule has 33 heavy (non-hydrogen) atoms. The summed E-state index contributed by atoms with van der Waals surface area (Å²) in [5.41, 5.74) is 3.63. The van der Waals surface area contributed by atoms with E-state index in [-0.39, 0.29) is 0 Å². The van der Waals surface area contributed by atoms with Gasteiger partial charge in [-0.15, -0.1) is 0 Å². The van der Waals surface area contributed by atoms with Gasteiger partial charge >= 0.3 is 0 Å². The van der Waals surface area contributed by atoms with Crippen molar-refractivity contribution in [2.24, 2.45) is 5.92 Å². The number of benzene rings is 2. The van der Waals surface area contributed by atoms with E-state index in [1.165, 1.54) is 25.3 Å². The molecule has 2 heterocycles. The molecule has 5 rings (SSSR count). The van der Waals surface area contributed by atoms with Gasteiger partial charge < -0.3 is 4.74 Å². The lowest BCUT2D eigenvalue weighted by Crippen LogP contribution is -2.15. The number of halogens is 2. The van der Waals surface area contributed by atoms with Gasteiger partial charge in [-0.1, -0.05) is 25.3 Å². The van der Waals surface area contributed by atoms with Crippen molar-refractivity contribution in [2.75, 3.05) is 6.61 Å². The Kier molecular flexibility index (Phi) is 5.99. The molecule has 0 saturated heterocycles. The number of fused-ring (bicyclic) bond motifs is 1. The largest absolute Gasteiger partial charge is 0.491 e. The molecule has 2 aromatic carbocycles. The Morgan fingerprint density at radius 2 is 1.76 bits per heavy atom. The van der Waals surface area contributed by atoms with Crippen molar-refractivity contribution in [1.82, 2.24) is 15.0 Å². The number of hydrogen-bond donors (Lipinski definition) is 0. The molecule has 0 unspecified atom stereocenters. The van der Waals surface area contributed by atoms with Crippen LogP contribution >= 0.6 is 0 Å². The van der Waals surface area contributed by atoms with E-state index in [4.69, 9.17) is 9.72 Å². The van der Waals surface area contributed by atoms with Crippen LogP contribution in [0.2, 0.25) is 0 Å². The summed E-state index contributed by atoms with van der Waals surface area (Å²) in [6.07, 6.45) is 9.52. The molecule has 0 radical (unpaired) electrons. The van der Waals surface area contributed by atoms with Gasteiger partial charge in [0.25, 0.3) is 0 Å². The van der Waals surface area contributed by atoms with Gasteiger partial charge in [0.05, 0.1) is 6.61 Å². The summed E-state index contributed by atoms with van der Waals surface area (Å²) in [6, 6.07) is 11.5. The highest BCUT2D eigenvalue weighted by molar-refractivity contribution is 5.92. The molecule has 1 fully saturated rings. The zero-order chi connectivity index (χ0) is 22.8. The monoisotopic (exact) mass is 445 g/mol. The van der Waals surface area contributed by atoms with Crippen molar-refractivity contribution < 1.29 is 13.5 Å². The van der Waals surface area contributed by atoms with Crippen molar-refractivity contribution in [2.45, 2.75) is 39.0 Å². The van der Waals surface area contributed by atoms with Crippen LogP contribution in [0, 0.1) is 24.5 Å². The standard InChI is InChI=1S/C27H25F2N3O/c1-17-22-12-21(19-9-10-23(28)24(29)13-19)14-25(33-16-18-6-3-2-4-7-18)26(22)32-27(31-17)20-8-5-11-30-15-20/h5,8-15,18H,2-4,6-7,16H2,1H3. The van der Waals surface area contributed by atoms with Gasteiger partial charge in [0.15, 0.2) is 17.5 Å². The lowest BCUT2D eigenvalue weighted by molar-refractivity contribution is 0.210. The van der Waals surface area contributed by atoms with Gasteiger partial charge in [-0.25, -0.2) is 18.7 Å². The van der Waals surface area contributed by atoms with E-state index in [1.807, 2.05) is 31.2 Å². The SMILES string of the molecule is Cc1nc(-c2cccnc2)nc2c(OCC3CCCCC3)cc(-c3ccc(F)c(F)c3)cc12. The van der Waals surface area contributed by atoms with E-state index < -0.39 is 11.6 Å². The number of pyridine rings is 1. The highest BCUT2D eigenvalue weighted by Crippen LogP contribution is 2.35. The van der Waals surface area contributed by atoms with E-state index in [9.17, 15) is 8.78 Å². The fraction of sp³-hybridized carbons (Fsp3) is 0.296. The second-order valence-electron chi connectivity index (χ2n) is 8.69. The quantitative estimate of drug-likeness (QED) is 0.335. The Labute approximate surface area is 191 Å². The molecule has 6 heteroatoms. The molecule has 1 aliphatic carbocycles. The highest BCUT2D eigenvalue weighted by Gasteiger charge is 2.18. The van der Waals surface area contributed by atoms with Crippen LogP contribution in [0.3, 0.4) is 0 Å². The minimum Gasteiger partial charge on any atom is -0.491 e. The van der Waals surface area contributed by atoms with Crippen molar-refractivity contribution in [3.05, 3.63) is 72.2 Å². The molecule has 0 N–H and O–H groups in total. The predicted octanol–water partition coefficient (Wildman–Crippen LogP) is 6.90. The second kappa shape index (κ2) is 9.22. The average Bonchev–Trinajstić information content (AvgIpc) is 2.85. The van der Waals surface area contributed by atoms with Gasteiger partial charge in [0.1, 0.15) is 11.3 Å². The normalized spacial score (nSPS) is 14.5. The van der Waals surface area contributed by atoms with E-state index in [2.05, 4.69) is 9.97 Å². The maximum Gasteiger partial charge on any atom is 0.161 e. The van der Waals surface area contributed by atoms with Crippen LogP contribution in [0.5, 0.6) is 5.75 Å². The topological polar surface area (TPSA) is 47.9 Å². The maximum atomic E-state index is 14.0. The molecule has 168 valence electrons. The summed E-state index contributed by atoms with van der Waals surface area (Å²) in [7, 11) is 0. The van der Waals surface area contributed by atoms with Gasteiger partial charge in [-0.05, 0) is 73.2 Å². The predicted molar refractivity (Wildman–Crippen MR) is 125 cm³/mol. The van der Waals surface area contributed by atoms with E-state index in [0.29, 0.717) is 35.2 Å². The smallest absolute Gasteiger partial charge is 0.161 e. The third kappa shape index (κ3) is 4.56. The van der Waals surface area contributed by atoms with Crippen LogP contribution < -0.4 is 4.74 Å². The molecular weight excluding hydrogens is 420 g/mol. The molecule has 0 amide bonds. The minimum atomic E-state index is -0.878. The van der Waals surface area contributed by atoms with E-state index in [1.54, 1.807) is 18.5 Å². The molecule has 4 nitrogen and oxygen atoms in total. The molecule has 0 aliphatic heterocycles. The molecule has 1 aliphatic rings. The fourth-order valence-electron chi connectivity index (χ4n) is 4.49. The number of ether oxygens (including phenoxy) is 1. The number of aromatic nitrogens is 3. The lowest BCUT2D eigenvalue weighted by atomic mass is 9.90. The van der Waals surface area contributed by atoms with Crippen molar-refractivity contribution in [3.63, 3.8) is 0 Å². The molecule has 0 spiro atoms. The number of aryl methyl sites for hydroxylation is 1. The van der Waals surface area contributed by atoms with Crippen molar-refractivity contribution in [1.29, 1.82) is 0 Å². The first kappa shape index (κ1) is 21.4. The second-order valence-corrected chi connectivity index (χ2v) is 8.69. The number of rotatable bonds is 5. The Hall–Kier alpha value is -3.41. The average molecular weight is 446 g/mol. The number of nitrogens with zero attached hydrogens (tertiary/aromatic N) is 3. The molecule has 0 bridgehead atoms. The zero-order valence-corrected chi connectivity index (χ0v) is 18.5. The maximum absolute atomic E-state index is 14.0. The van der Waals surface area contributed by atoms with Crippen molar-refractivity contribution >= 4 is 10.9 Å². The van der Waals surface area contributed by atoms with E-state index in [0.717, 1.165) is 41.1 Å². The molecule has 0 atom stereocenters. The summed E-state index contributed by atoms with van der Waals surface area (Å²) >= 11 is 0. The fourth-order valence-corrected chi connectivity index (χ4v) is 4.49. The van der Waals surface area contributed by atoms with Crippen LogP contribution in [0.25, 0.3) is 33.4 Å². The minimum absolute atomic E-state index is 0.515. The summed E-state index contributed by atoms with van der Waals surface area (Å²) in [5, 5.41) is 0.823. The lowest BCUT2D eigenvalue weighted by Gasteiger charge is -2.22. The van der Waals surface area contributed by atoms with Gasteiger partial charge in [-0.2, -0.15) is 0 Å². The third-order valence-electron chi connectivity index (χ3n) is 6.33. The Morgan fingerprint density at radius 3 is 2.52 bits per heavy atom. The first-order valence-electron chi connectivity index (χ1n) is 11.4. The van der Waals surface area contributed by atoms with Crippen molar-refractivity contribution in [3.8, 4) is 28.3 Å².